The van der Waals surface area contributed by atoms with Crippen LogP contribution in [-0.2, 0) is 17.9 Å². The second kappa shape index (κ2) is 7.52. The molecule has 7 heteroatoms. The molecule has 2 heterocycles. The van der Waals surface area contributed by atoms with Crippen molar-refractivity contribution in [2.75, 3.05) is 6.54 Å². The van der Waals surface area contributed by atoms with Gasteiger partial charge in [0.2, 0.25) is 5.91 Å². The molecule has 0 aliphatic rings. The van der Waals surface area contributed by atoms with Crippen LogP contribution in [0.2, 0.25) is 0 Å². The quantitative estimate of drug-likeness (QED) is 0.517. The molecule has 0 fully saturated rings. The van der Waals surface area contributed by atoms with E-state index < -0.39 is 5.82 Å². The summed E-state index contributed by atoms with van der Waals surface area (Å²) in [5.74, 6) is -0.564. The zero-order valence-electron chi connectivity index (χ0n) is 15.3. The Morgan fingerprint density at radius 3 is 2.71 bits per heavy atom. The van der Waals surface area contributed by atoms with Gasteiger partial charge in [-0.2, -0.15) is 0 Å². The Morgan fingerprint density at radius 2 is 1.96 bits per heavy atom. The van der Waals surface area contributed by atoms with E-state index in [0.29, 0.717) is 33.4 Å². The van der Waals surface area contributed by atoms with E-state index in [2.05, 4.69) is 4.98 Å². The van der Waals surface area contributed by atoms with Gasteiger partial charge >= 0.3 is 0 Å². The second-order valence-corrected chi connectivity index (χ2v) is 7.52. The lowest BCUT2D eigenvalue weighted by Gasteiger charge is -2.21. The summed E-state index contributed by atoms with van der Waals surface area (Å²) >= 11 is 1.20. The van der Waals surface area contributed by atoms with E-state index in [4.69, 9.17) is 0 Å². The van der Waals surface area contributed by atoms with Crippen LogP contribution in [0, 0.1) is 5.82 Å². The van der Waals surface area contributed by atoms with Crippen LogP contribution in [0.4, 0.5) is 4.39 Å². The van der Waals surface area contributed by atoms with Gasteiger partial charge in [-0.25, -0.2) is 9.37 Å². The molecular weight excluding hydrogens is 377 g/mol. The van der Waals surface area contributed by atoms with Crippen LogP contribution in [-0.4, -0.2) is 26.9 Å². The van der Waals surface area contributed by atoms with Gasteiger partial charge in [-0.05, 0) is 24.6 Å². The minimum atomic E-state index is -0.399. The van der Waals surface area contributed by atoms with Gasteiger partial charge in [-0.15, -0.1) is 11.3 Å². The average molecular weight is 395 g/mol. The minimum Gasteiger partial charge on any atom is -0.337 e. The Hall–Kier alpha value is -3.06. The van der Waals surface area contributed by atoms with E-state index >= 15 is 0 Å². The van der Waals surface area contributed by atoms with Crippen LogP contribution in [0.1, 0.15) is 12.5 Å². The van der Waals surface area contributed by atoms with Gasteiger partial charge in [0.15, 0.2) is 0 Å². The Bertz CT molecular complexity index is 1220. The molecule has 0 spiro atoms. The van der Waals surface area contributed by atoms with Crippen molar-refractivity contribution < 1.29 is 9.18 Å². The maximum atomic E-state index is 14.1. The van der Waals surface area contributed by atoms with Gasteiger partial charge < -0.3 is 4.90 Å². The summed E-state index contributed by atoms with van der Waals surface area (Å²) in [5, 5.41) is 0.359. The first-order chi connectivity index (χ1) is 13.6. The molecule has 2 aromatic heterocycles. The zero-order chi connectivity index (χ0) is 19.7. The first-order valence-corrected chi connectivity index (χ1v) is 9.78. The van der Waals surface area contributed by atoms with Crippen molar-refractivity contribution in [1.29, 1.82) is 0 Å². The molecule has 1 amide bonds. The lowest BCUT2D eigenvalue weighted by Crippen LogP contribution is -2.36. The molecule has 2 aromatic carbocycles. The highest BCUT2D eigenvalue weighted by molar-refractivity contribution is 7.25. The number of aromatic nitrogens is 2. The molecule has 0 radical (unpaired) electrons. The maximum Gasteiger partial charge on any atom is 0.271 e. The largest absolute Gasteiger partial charge is 0.337 e. The summed E-state index contributed by atoms with van der Waals surface area (Å²) in [6.45, 7) is 2.82. The lowest BCUT2D eigenvalue weighted by atomic mass is 10.2. The molecule has 5 nitrogen and oxygen atoms in total. The smallest absolute Gasteiger partial charge is 0.271 e. The number of hydrogen-bond donors (Lipinski definition) is 0. The number of hydrogen-bond acceptors (Lipinski definition) is 4. The fraction of sp³-hybridized carbons (Fsp3) is 0.190. The molecule has 0 saturated heterocycles. The van der Waals surface area contributed by atoms with Gasteiger partial charge in [0, 0.05) is 17.8 Å². The van der Waals surface area contributed by atoms with Crippen molar-refractivity contribution in [3.8, 4) is 0 Å². The summed E-state index contributed by atoms with van der Waals surface area (Å²) in [4.78, 5) is 31.6. The fourth-order valence-electron chi connectivity index (χ4n) is 3.21. The number of carbonyl (C=O) groups excluding carboxylic acids is 1. The molecular formula is C21H18FN3O2S. The molecule has 0 aliphatic heterocycles. The molecule has 0 aliphatic carbocycles. The number of benzene rings is 2. The summed E-state index contributed by atoms with van der Waals surface area (Å²) in [7, 11) is 0. The van der Waals surface area contributed by atoms with Crippen LogP contribution in [0.15, 0.2) is 59.7 Å². The molecule has 4 aromatic rings. The summed E-state index contributed by atoms with van der Waals surface area (Å²) in [6.07, 6.45) is 1.33. The van der Waals surface area contributed by atoms with Crippen molar-refractivity contribution in [2.24, 2.45) is 0 Å². The topological polar surface area (TPSA) is 55.2 Å². The third-order valence-corrected chi connectivity index (χ3v) is 5.81. The van der Waals surface area contributed by atoms with Gasteiger partial charge in [0.1, 0.15) is 17.1 Å². The molecule has 4 rings (SSSR count). The molecule has 0 bridgehead atoms. The monoisotopic (exact) mass is 395 g/mol. The summed E-state index contributed by atoms with van der Waals surface area (Å²) in [6, 6.07) is 14.4. The number of carbonyl (C=O) groups is 1. The standard InChI is InChI=1S/C21H18FN3O2S/c1-2-24(11-14-7-4-3-5-8-14)17(26)12-25-13-23-19-18-15(22)9-6-10-16(18)28-20(19)21(25)27/h3-10,13H,2,11-12H2,1H3. The highest BCUT2D eigenvalue weighted by Gasteiger charge is 2.18. The van der Waals surface area contributed by atoms with Crippen LogP contribution < -0.4 is 5.56 Å². The molecule has 0 atom stereocenters. The van der Waals surface area contributed by atoms with Gasteiger partial charge in [0.05, 0.1) is 17.2 Å². The lowest BCUT2D eigenvalue weighted by molar-refractivity contribution is -0.132. The first kappa shape index (κ1) is 18.3. The Morgan fingerprint density at radius 1 is 1.18 bits per heavy atom. The minimum absolute atomic E-state index is 0.0980. The number of rotatable bonds is 5. The number of halogens is 1. The third-order valence-electron chi connectivity index (χ3n) is 4.68. The predicted molar refractivity (Wildman–Crippen MR) is 109 cm³/mol. The van der Waals surface area contributed by atoms with E-state index in [1.165, 1.54) is 28.3 Å². The highest BCUT2D eigenvalue weighted by atomic mass is 32.1. The van der Waals surface area contributed by atoms with Gasteiger partial charge in [-0.1, -0.05) is 36.4 Å². The van der Waals surface area contributed by atoms with Crippen molar-refractivity contribution in [1.82, 2.24) is 14.5 Å². The molecule has 0 saturated carbocycles. The molecule has 0 unspecified atom stereocenters. The molecule has 28 heavy (non-hydrogen) atoms. The molecule has 0 N–H and O–H groups in total. The second-order valence-electron chi connectivity index (χ2n) is 6.46. The van der Waals surface area contributed by atoms with E-state index in [9.17, 15) is 14.0 Å². The maximum absolute atomic E-state index is 14.1. The van der Waals surface area contributed by atoms with E-state index in [-0.39, 0.29) is 18.0 Å². The fourth-order valence-corrected chi connectivity index (χ4v) is 4.33. The van der Waals surface area contributed by atoms with Crippen molar-refractivity contribution in [3.63, 3.8) is 0 Å². The first-order valence-electron chi connectivity index (χ1n) is 8.96. The number of fused-ring (bicyclic) bond motifs is 3. The number of amides is 1. The van der Waals surface area contributed by atoms with Crippen LogP contribution in [0.25, 0.3) is 20.3 Å². The van der Waals surface area contributed by atoms with E-state index in [1.807, 2.05) is 37.3 Å². The highest BCUT2D eigenvalue weighted by Crippen LogP contribution is 2.31. The Labute approximate surface area is 164 Å². The SMILES string of the molecule is CCN(Cc1ccccc1)C(=O)Cn1cnc2c(sc3cccc(F)c32)c1=O. The van der Waals surface area contributed by atoms with Crippen LogP contribution in [0.3, 0.4) is 0 Å². The third kappa shape index (κ3) is 3.29. The number of nitrogens with zero attached hydrogens (tertiary/aromatic N) is 3. The normalized spacial score (nSPS) is 11.2. The Kier molecular flexibility index (Phi) is 4.92. The van der Waals surface area contributed by atoms with Crippen molar-refractivity contribution in [3.05, 3.63) is 76.6 Å². The molecule has 142 valence electrons. The van der Waals surface area contributed by atoms with Crippen molar-refractivity contribution >= 4 is 37.5 Å². The van der Waals surface area contributed by atoms with E-state index in [0.717, 1.165) is 5.56 Å². The zero-order valence-corrected chi connectivity index (χ0v) is 16.1. The number of thiophene rings is 1. The predicted octanol–water partition coefficient (Wildman–Crippen LogP) is 3.80. The van der Waals surface area contributed by atoms with Crippen LogP contribution >= 0.6 is 11.3 Å². The summed E-state index contributed by atoms with van der Waals surface area (Å²) < 4.78 is 16.5. The van der Waals surface area contributed by atoms with Crippen molar-refractivity contribution in [2.45, 2.75) is 20.0 Å². The number of likely N-dealkylation sites (N-methyl/N-ethyl adjacent to an activating group) is 1. The average Bonchev–Trinajstić information content (AvgIpc) is 3.10. The van der Waals surface area contributed by atoms with E-state index in [1.54, 1.807) is 17.0 Å². The van der Waals surface area contributed by atoms with Gasteiger partial charge in [-0.3, -0.25) is 14.2 Å². The van der Waals surface area contributed by atoms with Gasteiger partial charge in [0.25, 0.3) is 5.56 Å². The Balaban J connectivity index is 1.64. The summed E-state index contributed by atoms with van der Waals surface area (Å²) in [5.41, 5.74) is 1.05. The van der Waals surface area contributed by atoms with Crippen LogP contribution in [0.5, 0.6) is 0 Å².